The third-order valence-corrected chi connectivity index (χ3v) is 2.98. The first-order chi connectivity index (χ1) is 11.5. The molecule has 0 aliphatic rings. The molecule has 0 unspecified atom stereocenters. The van der Waals surface area contributed by atoms with Gasteiger partial charge in [0, 0.05) is 0 Å². The number of amides is 1. The Kier molecular flexibility index (Phi) is 5.78. The van der Waals surface area contributed by atoms with Crippen molar-refractivity contribution in [3.8, 4) is 5.75 Å². The largest absolute Gasteiger partial charge is 0.497 e. The molecule has 126 valence electrons. The first-order valence-electron chi connectivity index (χ1n) is 7.41. The highest BCUT2D eigenvalue weighted by atomic mass is 16.5. The molecular formula is C18H19NO5. The molecule has 0 aliphatic carbocycles. The maximum Gasteiger partial charge on any atom is 0.355 e. The number of ether oxygens (including phenoxy) is 2. The van der Waals surface area contributed by atoms with E-state index in [1.54, 1.807) is 51.3 Å². The second kappa shape index (κ2) is 8.01. The smallest absolute Gasteiger partial charge is 0.355 e. The summed E-state index contributed by atoms with van der Waals surface area (Å²) in [5.41, 5.74) is 0.738. The minimum Gasteiger partial charge on any atom is -0.497 e. The third-order valence-electron chi connectivity index (χ3n) is 2.98. The zero-order chi connectivity index (χ0) is 17.5. The summed E-state index contributed by atoms with van der Waals surface area (Å²) in [6.07, 6.45) is 2.61. The first-order valence-corrected chi connectivity index (χ1v) is 7.41. The number of methoxy groups -OCH3 is 1. The average molecular weight is 329 g/mol. The summed E-state index contributed by atoms with van der Waals surface area (Å²) in [7, 11) is 1.57. The molecule has 24 heavy (non-hydrogen) atoms. The Labute approximate surface area is 140 Å². The monoisotopic (exact) mass is 329 g/mol. The molecule has 0 saturated heterocycles. The summed E-state index contributed by atoms with van der Waals surface area (Å²) in [5.74, 6) is -0.354. The molecule has 1 N–H and O–H groups in total. The van der Waals surface area contributed by atoms with Crippen LogP contribution in [-0.4, -0.2) is 25.1 Å². The van der Waals surface area contributed by atoms with Gasteiger partial charge in [-0.3, -0.25) is 4.79 Å². The summed E-state index contributed by atoms with van der Waals surface area (Å²) in [6.45, 7) is 3.47. The van der Waals surface area contributed by atoms with E-state index in [4.69, 9.17) is 13.9 Å². The van der Waals surface area contributed by atoms with Crippen molar-refractivity contribution in [3.63, 3.8) is 0 Å². The van der Waals surface area contributed by atoms with Gasteiger partial charge in [0.15, 0.2) is 5.76 Å². The number of esters is 1. The number of benzene rings is 1. The van der Waals surface area contributed by atoms with E-state index in [9.17, 15) is 9.59 Å². The Bertz CT molecular complexity index is 714. The Morgan fingerprint density at radius 1 is 1.17 bits per heavy atom. The predicted molar refractivity (Wildman–Crippen MR) is 88.4 cm³/mol. The molecule has 2 rings (SSSR count). The van der Waals surface area contributed by atoms with E-state index >= 15 is 0 Å². The molecule has 6 heteroatoms. The lowest BCUT2D eigenvalue weighted by Gasteiger charge is -2.12. The molecular weight excluding hydrogens is 310 g/mol. The predicted octanol–water partition coefficient (Wildman–Crippen LogP) is 3.01. The fourth-order valence-electron chi connectivity index (χ4n) is 1.88. The zero-order valence-electron chi connectivity index (χ0n) is 13.7. The van der Waals surface area contributed by atoms with Gasteiger partial charge in [0.1, 0.15) is 11.4 Å². The van der Waals surface area contributed by atoms with Crippen molar-refractivity contribution >= 4 is 18.0 Å². The van der Waals surface area contributed by atoms with Gasteiger partial charge in [0.05, 0.1) is 19.5 Å². The van der Waals surface area contributed by atoms with Crippen molar-refractivity contribution < 1.29 is 23.5 Å². The molecule has 0 radical (unpaired) electrons. The van der Waals surface area contributed by atoms with Crippen LogP contribution in [0.25, 0.3) is 6.08 Å². The van der Waals surface area contributed by atoms with Crippen LogP contribution in [0.2, 0.25) is 0 Å². The van der Waals surface area contributed by atoms with E-state index in [2.05, 4.69) is 5.32 Å². The SMILES string of the molecule is COc1ccc(/C=C(/NC(=O)c2ccco2)C(=O)OC(C)C)cc1. The molecule has 1 heterocycles. The van der Waals surface area contributed by atoms with Gasteiger partial charge in [0.25, 0.3) is 5.91 Å². The maximum absolute atomic E-state index is 12.2. The van der Waals surface area contributed by atoms with Crippen LogP contribution < -0.4 is 10.1 Å². The van der Waals surface area contributed by atoms with Gasteiger partial charge in [-0.2, -0.15) is 0 Å². The third kappa shape index (κ3) is 4.74. The number of nitrogens with one attached hydrogen (secondary N) is 1. The lowest BCUT2D eigenvalue weighted by atomic mass is 10.2. The van der Waals surface area contributed by atoms with Crippen LogP contribution in [0.3, 0.4) is 0 Å². The van der Waals surface area contributed by atoms with Crippen molar-refractivity contribution in [2.75, 3.05) is 7.11 Å². The number of carbonyl (C=O) groups excluding carboxylic acids is 2. The van der Waals surface area contributed by atoms with E-state index < -0.39 is 11.9 Å². The van der Waals surface area contributed by atoms with Gasteiger partial charge in [-0.25, -0.2) is 4.79 Å². The minimum atomic E-state index is -0.624. The van der Waals surface area contributed by atoms with Crippen LogP contribution in [0.4, 0.5) is 0 Å². The van der Waals surface area contributed by atoms with Crippen LogP contribution in [-0.2, 0) is 9.53 Å². The highest BCUT2D eigenvalue weighted by molar-refractivity contribution is 6.02. The van der Waals surface area contributed by atoms with Crippen LogP contribution in [0.15, 0.2) is 52.8 Å². The van der Waals surface area contributed by atoms with E-state index in [1.165, 1.54) is 18.4 Å². The second-order valence-corrected chi connectivity index (χ2v) is 5.22. The first kappa shape index (κ1) is 17.3. The van der Waals surface area contributed by atoms with Crippen molar-refractivity contribution in [2.24, 2.45) is 0 Å². The maximum atomic E-state index is 12.2. The number of hydrogen-bond acceptors (Lipinski definition) is 5. The summed E-state index contributed by atoms with van der Waals surface area (Å²) in [5, 5.41) is 2.52. The van der Waals surface area contributed by atoms with E-state index in [0.29, 0.717) is 11.3 Å². The number of carbonyl (C=O) groups is 2. The molecule has 6 nitrogen and oxygen atoms in total. The molecule has 1 amide bonds. The second-order valence-electron chi connectivity index (χ2n) is 5.22. The highest BCUT2D eigenvalue weighted by Gasteiger charge is 2.18. The zero-order valence-corrected chi connectivity index (χ0v) is 13.7. The number of furan rings is 1. The Balaban J connectivity index is 2.25. The molecule has 0 fully saturated rings. The van der Waals surface area contributed by atoms with Crippen LogP contribution in [0.1, 0.15) is 30.0 Å². The van der Waals surface area contributed by atoms with Gasteiger partial charge in [-0.1, -0.05) is 12.1 Å². The van der Waals surface area contributed by atoms with Crippen molar-refractivity contribution in [1.82, 2.24) is 5.32 Å². The number of hydrogen-bond donors (Lipinski definition) is 1. The lowest BCUT2D eigenvalue weighted by molar-refractivity contribution is -0.142. The van der Waals surface area contributed by atoms with Gasteiger partial charge in [-0.15, -0.1) is 0 Å². The Morgan fingerprint density at radius 2 is 1.88 bits per heavy atom. The quantitative estimate of drug-likeness (QED) is 0.651. The Morgan fingerprint density at radius 3 is 2.42 bits per heavy atom. The highest BCUT2D eigenvalue weighted by Crippen LogP contribution is 2.14. The van der Waals surface area contributed by atoms with Crippen molar-refractivity contribution in [1.29, 1.82) is 0 Å². The summed E-state index contributed by atoms with van der Waals surface area (Å²) in [4.78, 5) is 24.3. The van der Waals surface area contributed by atoms with E-state index in [0.717, 1.165) is 0 Å². The normalized spacial score (nSPS) is 11.2. The van der Waals surface area contributed by atoms with Gasteiger partial charge in [0.2, 0.25) is 0 Å². The Hall–Kier alpha value is -3.02. The molecule has 1 aromatic carbocycles. The van der Waals surface area contributed by atoms with Gasteiger partial charge in [-0.05, 0) is 49.8 Å². The van der Waals surface area contributed by atoms with E-state index in [1.807, 2.05) is 0 Å². The van der Waals surface area contributed by atoms with Crippen LogP contribution >= 0.6 is 0 Å². The summed E-state index contributed by atoms with van der Waals surface area (Å²) in [6, 6.07) is 10.1. The molecule has 0 atom stereocenters. The minimum absolute atomic E-state index is 0.0234. The molecule has 0 aliphatic heterocycles. The molecule has 0 spiro atoms. The van der Waals surface area contributed by atoms with Gasteiger partial charge >= 0.3 is 5.97 Å². The molecule has 0 saturated carbocycles. The fraction of sp³-hybridized carbons (Fsp3) is 0.222. The molecule has 2 aromatic rings. The lowest BCUT2D eigenvalue weighted by Crippen LogP contribution is -2.29. The van der Waals surface area contributed by atoms with Crippen LogP contribution in [0.5, 0.6) is 5.75 Å². The summed E-state index contributed by atoms with van der Waals surface area (Å²) < 4.78 is 15.3. The van der Waals surface area contributed by atoms with E-state index in [-0.39, 0.29) is 17.6 Å². The standard InChI is InChI=1S/C18H19NO5/c1-12(2)24-18(21)15(19-17(20)16-5-4-10-23-16)11-13-6-8-14(22-3)9-7-13/h4-12H,1-3H3,(H,19,20)/b15-11+. The van der Waals surface area contributed by atoms with Crippen molar-refractivity contribution in [3.05, 3.63) is 59.7 Å². The topological polar surface area (TPSA) is 77.8 Å². The van der Waals surface area contributed by atoms with Crippen molar-refractivity contribution in [2.45, 2.75) is 20.0 Å². The fourth-order valence-corrected chi connectivity index (χ4v) is 1.88. The van der Waals surface area contributed by atoms with Crippen LogP contribution in [0, 0.1) is 0 Å². The molecule has 0 bridgehead atoms. The molecule has 1 aromatic heterocycles. The summed E-state index contributed by atoms with van der Waals surface area (Å²) >= 11 is 0. The number of rotatable bonds is 6. The van der Waals surface area contributed by atoms with Gasteiger partial charge < -0.3 is 19.2 Å². The average Bonchev–Trinajstić information content (AvgIpc) is 3.08.